The van der Waals surface area contributed by atoms with Crippen molar-refractivity contribution in [1.82, 2.24) is 40.5 Å². The standard InChI is InChI=1S/C46H70N10O19/c1-34-7-8-37(40(29-34)56(66)67)48-30-36-32-55(53-52-36)13-11-35-31-54(33-49-35)46(65)75-28-27-74-26-25-73-24-23-72-22-21-71-20-19-70-18-17-69-16-15-68-14-4-6-41(57)47-12-3-2-5-38(43(60)61)50-45(64)51-39(44(62)63)9-10-42(58)59/h7-8,29,31-33,38-39,48H,2-6,9-28,30H2,1H3,(H,47,57)(H,58,59)(H,60,61)(H,62,63)(H2,50,51,64)/t38-,39-/m0/s1. The summed E-state index contributed by atoms with van der Waals surface area (Å²) in [5.74, 6) is -4.20. The highest BCUT2D eigenvalue weighted by Gasteiger charge is 2.25. The van der Waals surface area contributed by atoms with Crippen LogP contribution < -0.4 is 21.3 Å². The van der Waals surface area contributed by atoms with Crippen molar-refractivity contribution in [3.05, 3.63) is 64.0 Å². The number of nitrogens with one attached hydrogen (secondary N) is 4. The van der Waals surface area contributed by atoms with Crippen LogP contribution >= 0.6 is 0 Å². The summed E-state index contributed by atoms with van der Waals surface area (Å²) >= 11 is 0. The van der Waals surface area contributed by atoms with Crippen LogP contribution in [0.15, 0.2) is 36.9 Å². The minimum absolute atomic E-state index is 0.0118. The highest BCUT2D eigenvalue weighted by atomic mass is 16.6. The highest BCUT2D eigenvalue weighted by Crippen LogP contribution is 2.25. The van der Waals surface area contributed by atoms with Gasteiger partial charge in [0.15, 0.2) is 0 Å². The molecule has 2 heterocycles. The highest BCUT2D eigenvalue weighted by molar-refractivity contribution is 5.86. The number of hydrogen-bond acceptors (Lipinski definition) is 20. The van der Waals surface area contributed by atoms with E-state index in [9.17, 15) is 44.0 Å². The van der Waals surface area contributed by atoms with Crippen LogP contribution in [0, 0.1) is 17.0 Å². The monoisotopic (exact) mass is 1070 g/mol. The Kier molecular flexibility index (Phi) is 31.4. The van der Waals surface area contributed by atoms with Gasteiger partial charge in [0, 0.05) is 51.2 Å². The van der Waals surface area contributed by atoms with Gasteiger partial charge >= 0.3 is 30.0 Å². The van der Waals surface area contributed by atoms with E-state index in [2.05, 4.69) is 36.6 Å². The number of nitrogens with zero attached hydrogens (tertiary/aromatic N) is 6. The molecule has 0 aliphatic heterocycles. The molecule has 3 aromatic rings. The Morgan fingerprint density at radius 2 is 1.25 bits per heavy atom. The fourth-order valence-corrected chi connectivity index (χ4v) is 6.43. The van der Waals surface area contributed by atoms with Crippen molar-refractivity contribution in [3.63, 3.8) is 0 Å². The molecule has 2 aromatic heterocycles. The van der Waals surface area contributed by atoms with Crippen LogP contribution in [0.2, 0.25) is 0 Å². The molecule has 0 fully saturated rings. The number of carboxylic acid groups (broad SMARTS) is 3. The normalized spacial score (nSPS) is 11.9. The molecule has 7 N–H and O–H groups in total. The van der Waals surface area contributed by atoms with E-state index in [4.69, 9.17) is 48.1 Å². The summed E-state index contributed by atoms with van der Waals surface area (Å²) in [6.45, 7) is 7.86. The van der Waals surface area contributed by atoms with Crippen LogP contribution in [-0.4, -0.2) is 198 Å². The zero-order chi connectivity index (χ0) is 54.5. The molecule has 0 radical (unpaired) electrons. The number of aromatic nitrogens is 5. The molecule has 0 aliphatic carbocycles. The Morgan fingerprint density at radius 3 is 1.81 bits per heavy atom. The molecule has 0 saturated carbocycles. The molecular weight excluding hydrogens is 997 g/mol. The van der Waals surface area contributed by atoms with Crippen molar-refractivity contribution in [2.45, 2.75) is 83.5 Å². The van der Waals surface area contributed by atoms with Gasteiger partial charge < -0.3 is 74.5 Å². The van der Waals surface area contributed by atoms with Gasteiger partial charge in [-0.25, -0.2) is 28.7 Å². The number of ether oxygens (including phenoxy) is 8. The summed E-state index contributed by atoms with van der Waals surface area (Å²) in [6, 6.07) is 1.11. The summed E-state index contributed by atoms with van der Waals surface area (Å²) in [5, 5.41) is 56.9. The van der Waals surface area contributed by atoms with Crippen molar-refractivity contribution in [1.29, 1.82) is 0 Å². The van der Waals surface area contributed by atoms with Crippen molar-refractivity contribution < 1.29 is 86.9 Å². The van der Waals surface area contributed by atoms with Crippen molar-refractivity contribution >= 4 is 47.3 Å². The van der Waals surface area contributed by atoms with Gasteiger partial charge in [0.05, 0.1) is 109 Å². The maximum atomic E-state index is 12.4. The number of benzene rings is 1. The van der Waals surface area contributed by atoms with Crippen LogP contribution in [0.4, 0.5) is 21.0 Å². The molecule has 0 aliphatic rings. The zero-order valence-corrected chi connectivity index (χ0v) is 42.1. The molecule has 29 heteroatoms. The van der Waals surface area contributed by atoms with Gasteiger partial charge in [0.25, 0.3) is 5.69 Å². The Bertz CT molecular complexity index is 2180. The number of anilines is 1. The number of carboxylic acids is 3. The number of aryl methyl sites for hydroxylation is 3. The molecule has 0 saturated heterocycles. The van der Waals surface area contributed by atoms with E-state index in [1.165, 1.54) is 17.0 Å². The second-order valence-corrected chi connectivity index (χ2v) is 16.3. The lowest BCUT2D eigenvalue weighted by Crippen LogP contribution is -2.51. The molecule has 0 unspecified atom stereocenters. The lowest BCUT2D eigenvalue weighted by molar-refractivity contribution is -0.384. The van der Waals surface area contributed by atoms with E-state index in [-0.39, 0.29) is 50.6 Å². The summed E-state index contributed by atoms with van der Waals surface area (Å²) < 4.78 is 46.4. The quantitative estimate of drug-likeness (QED) is 0.0241. The second kappa shape index (κ2) is 37.8. The molecule has 3 amide bonds. The summed E-state index contributed by atoms with van der Waals surface area (Å²) in [6.07, 6.45) is 5.25. The molecule has 0 bridgehead atoms. The summed E-state index contributed by atoms with van der Waals surface area (Å²) in [7, 11) is 0. The number of rotatable bonds is 44. The smallest absolute Gasteiger partial charge is 0.419 e. The average molecular weight is 1070 g/mol. The SMILES string of the molecule is Cc1ccc(NCc2cn(CCc3cn(C(=O)OCCOCCOCCOCCOCCOCCOCCOCCCC(=O)NCCCC[C@H](NC(=O)N[C@@H](CCC(=O)O)C(=O)O)C(=O)O)cn3)nn2)c([N+](=O)[O-])c1. The van der Waals surface area contributed by atoms with Gasteiger partial charge in [-0.15, -0.1) is 5.10 Å². The van der Waals surface area contributed by atoms with Crippen molar-refractivity contribution in [2.24, 2.45) is 0 Å². The van der Waals surface area contributed by atoms with E-state index < -0.39 is 53.5 Å². The topological polar surface area (TPSA) is 377 Å². The van der Waals surface area contributed by atoms with Crippen molar-refractivity contribution in [3.8, 4) is 0 Å². The lowest BCUT2D eigenvalue weighted by atomic mass is 10.1. The van der Waals surface area contributed by atoms with Crippen LogP contribution in [0.3, 0.4) is 0 Å². The minimum Gasteiger partial charge on any atom is -0.481 e. The van der Waals surface area contributed by atoms with Crippen LogP contribution in [-0.2, 0) is 76.6 Å². The predicted molar refractivity (Wildman–Crippen MR) is 261 cm³/mol. The fourth-order valence-electron chi connectivity index (χ4n) is 6.43. The molecule has 1 aromatic carbocycles. The van der Waals surface area contributed by atoms with Gasteiger partial charge in [-0.3, -0.25) is 24.4 Å². The zero-order valence-electron chi connectivity index (χ0n) is 42.1. The Balaban J connectivity index is 1.02. The number of urea groups is 1. The molecule has 3 rings (SSSR count). The number of imidazole rings is 1. The molecule has 418 valence electrons. The number of aliphatic carboxylic acids is 3. The van der Waals surface area contributed by atoms with E-state index in [1.54, 1.807) is 36.1 Å². The van der Waals surface area contributed by atoms with E-state index >= 15 is 0 Å². The second-order valence-electron chi connectivity index (χ2n) is 16.3. The number of unbranched alkanes of at least 4 members (excludes halogenated alkanes) is 1. The van der Waals surface area contributed by atoms with Gasteiger partial charge in [-0.1, -0.05) is 11.3 Å². The number of carbonyl (C=O) groups is 6. The third-order valence-electron chi connectivity index (χ3n) is 10.3. The van der Waals surface area contributed by atoms with Crippen LogP contribution in [0.5, 0.6) is 0 Å². The number of nitro benzene ring substituents is 1. The molecular formula is C46H70N10O19. The average Bonchev–Trinajstić information content (AvgIpc) is 4.06. The Morgan fingerprint density at radius 1 is 0.693 bits per heavy atom. The Labute approximate surface area is 432 Å². The molecule has 29 nitrogen and oxygen atoms in total. The molecule has 2 atom stereocenters. The summed E-state index contributed by atoms with van der Waals surface area (Å²) in [5.41, 5.74) is 2.42. The number of nitro groups is 1. The van der Waals surface area contributed by atoms with Crippen molar-refractivity contribution in [2.75, 3.05) is 111 Å². The first-order valence-corrected chi connectivity index (χ1v) is 24.3. The predicted octanol–water partition coefficient (Wildman–Crippen LogP) is 1.78. The number of hydrogen-bond donors (Lipinski definition) is 7. The summed E-state index contributed by atoms with van der Waals surface area (Å²) in [4.78, 5) is 85.2. The third kappa shape index (κ3) is 29.0. The Hall–Kier alpha value is -6.89. The third-order valence-corrected chi connectivity index (χ3v) is 10.3. The first kappa shape index (κ1) is 62.4. The maximum absolute atomic E-state index is 12.4. The molecule has 75 heavy (non-hydrogen) atoms. The van der Waals surface area contributed by atoms with Gasteiger partial charge in [0.1, 0.15) is 36.4 Å². The van der Waals surface area contributed by atoms with Gasteiger partial charge in [-0.2, -0.15) is 0 Å². The van der Waals surface area contributed by atoms with E-state index in [1.807, 2.05) is 0 Å². The number of carbonyl (C=O) groups excluding carboxylic acids is 3. The van der Waals surface area contributed by atoms with Crippen LogP contribution in [0.25, 0.3) is 0 Å². The lowest BCUT2D eigenvalue weighted by Gasteiger charge is -2.18. The van der Waals surface area contributed by atoms with Crippen LogP contribution in [0.1, 0.15) is 61.9 Å². The minimum atomic E-state index is -1.49. The molecule has 0 spiro atoms. The van der Waals surface area contributed by atoms with E-state index in [0.29, 0.717) is 142 Å². The number of amides is 3. The first-order valence-electron chi connectivity index (χ1n) is 24.3. The largest absolute Gasteiger partial charge is 0.481 e. The first-order chi connectivity index (χ1) is 36.2. The van der Waals surface area contributed by atoms with Gasteiger partial charge in [-0.05, 0) is 50.7 Å². The maximum Gasteiger partial charge on any atom is 0.419 e. The fraction of sp³-hybridized carbons (Fsp3) is 0.630. The van der Waals surface area contributed by atoms with E-state index in [0.717, 1.165) is 5.56 Å². The van der Waals surface area contributed by atoms with Gasteiger partial charge in [0.2, 0.25) is 5.91 Å².